The zero-order valence-electron chi connectivity index (χ0n) is 25.0. The quantitative estimate of drug-likeness (QED) is 0.408. The Bertz CT molecular complexity index is 1680. The lowest BCUT2D eigenvalue weighted by atomic mass is 9.83. The normalized spacial score (nSPS) is 19.3. The minimum Gasteiger partial charge on any atom is -0.398 e. The summed E-state index contributed by atoms with van der Waals surface area (Å²) in [4.78, 5) is 24.0. The van der Waals surface area contributed by atoms with Gasteiger partial charge in [-0.3, -0.25) is 4.79 Å². The van der Waals surface area contributed by atoms with Crippen molar-refractivity contribution in [2.24, 2.45) is 17.0 Å². The molecule has 2 aliphatic rings. The summed E-state index contributed by atoms with van der Waals surface area (Å²) in [7, 11) is -3.92. The van der Waals surface area contributed by atoms with Gasteiger partial charge in [0.2, 0.25) is 10.0 Å². The molecule has 0 bridgehead atoms. The van der Waals surface area contributed by atoms with Crippen LogP contribution in [0.5, 0.6) is 0 Å². The Kier molecular flexibility index (Phi) is 8.62. The first-order valence-electron chi connectivity index (χ1n) is 14.6. The maximum absolute atomic E-state index is 13.8. The number of anilines is 3. The Morgan fingerprint density at radius 2 is 1.79 bits per heavy atom. The SMILES string of the molecule is Cc1cc(CC2C[C@@H](C)CN(c3ccccc3C#N)C2)c(N)c(C)c1C(=O)N1CCN(c2ncccc2S(N)(=O)=O)CC1. The maximum Gasteiger partial charge on any atom is 0.254 e. The molecule has 0 radical (unpaired) electrons. The first-order valence-corrected chi connectivity index (χ1v) is 16.2. The minimum atomic E-state index is -3.92. The number of carbonyl (C=O) groups is 1. The van der Waals surface area contributed by atoms with E-state index < -0.39 is 10.0 Å². The number of sulfonamides is 1. The van der Waals surface area contributed by atoms with E-state index in [1.54, 1.807) is 11.0 Å². The fourth-order valence-corrected chi connectivity index (χ4v) is 7.39. The molecule has 11 heteroatoms. The summed E-state index contributed by atoms with van der Waals surface area (Å²) < 4.78 is 24.1. The molecule has 3 aromatic rings. The third-order valence-electron chi connectivity index (χ3n) is 8.67. The number of piperidine rings is 1. The molecule has 10 nitrogen and oxygen atoms in total. The third-order valence-corrected chi connectivity index (χ3v) is 9.60. The van der Waals surface area contributed by atoms with Crippen LogP contribution in [0.25, 0.3) is 0 Å². The highest BCUT2D eigenvalue weighted by Gasteiger charge is 2.30. The Hall–Kier alpha value is -4.14. The first-order chi connectivity index (χ1) is 20.5. The molecule has 0 saturated carbocycles. The van der Waals surface area contributed by atoms with Crippen molar-refractivity contribution in [1.29, 1.82) is 5.26 Å². The summed E-state index contributed by atoms with van der Waals surface area (Å²) in [6, 6.07) is 15.1. The number of piperazine rings is 1. The molecule has 5 rings (SSSR count). The van der Waals surface area contributed by atoms with Crippen LogP contribution < -0.4 is 20.7 Å². The van der Waals surface area contributed by atoms with E-state index in [4.69, 9.17) is 10.9 Å². The lowest BCUT2D eigenvalue weighted by molar-refractivity contribution is 0.0745. The number of nitrogen functional groups attached to an aromatic ring is 1. The van der Waals surface area contributed by atoms with Crippen molar-refractivity contribution in [2.75, 3.05) is 54.8 Å². The van der Waals surface area contributed by atoms with Gasteiger partial charge in [-0.15, -0.1) is 0 Å². The van der Waals surface area contributed by atoms with Crippen molar-refractivity contribution in [3.05, 3.63) is 76.5 Å². The van der Waals surface area contributed by atoms with E-state index in [-0.39, 0.29) is 10.8 Å². The van der Waals surface area contributed by atoms with E-state index in [2.05, 4.69) is 28.9 Å². The van der Waals surface area contributed by atoms with Gasteiger partial charge in [0, 0.05) is 56.7 Å². The van der Waals surface area contributed by atoms with Gasteiger partial charge in [0.25, 0.3) is 5.91 Å². The van der Waals surface area contributed by atoms with Crippen LogP contribution in [-0.4, -0.2) is 63.5 Å². The van der Waals surface area contributed by atoms with E-state index in [1.165, 1.54) is 12.3 Å². The Morgan fingerprint density at radius 3 is 2.49 bits per heavy atom. The second-order valence-electron chi connectivity index (χ2n) is 11.9. The number of para-hydroxylation sites is 1. The van der Waals surface area contributed by atoms with Crippen LogP contribution >= 0.6 is 0 Å². The smallest absolute Gasteiger partial charge is 0.254 e. The van der Waals surface area contributed by atoms with Crippen LogP contribution in [-0.2, 0) is 16.4 Å². The molecule has 4 N–H and O–H groups in total. The molecule has 3 heterocycles. The summed E-state index contributed by atoms with van der Waals surface area (Å²) in [6.07, 6.45) is 3.40. The van der Waals surface area contributed by atoms with Crippen LogP contribution in [0.3, 0.4) is 0 Å². The third kappa shape index (κ3) is 6.31. The molecule has 226 valence electrons. The fourth-order valence-electron chi connectivity index (χ4n) is 6.68. The summed E-state index contributed by atoms with van der Waals surface area (Å²) in [5, 5.41) is 15.0. The largest absolute Gasteiger partial charge is 0.398 e. The van der Waals surface area contributed by atoms with Gasteiger partial charge in [0.05, 0.1) is 11.3 Å². The number of nitrogens with zero attached hydrogens (tertiary/aromatic N) is 5. The summed E-state index contributed by atoms with van der Waals surface area (Å²) in [5.74, 6) is 1.07. The highest BCUT2D eigenvalue weighted by atomic mass is 32.2. The zero-order chi connectivity index (χ0) is 30.9. The summed E-state index contributed by atoms with van der Waals surface area (Å²) in [5.41, 5.74) is 12.4. The maximum atomic E-state index is 13.8. The first kappa shape index (κ1) is 30.3. The molecule has 1 unspecified atom stereocenters. The van der Waals surface area contributed by atoms with E-state index in [1.807, 2.05) is 43.0 Å². The number of hydrogen-bond acceptors (Lipinski definition) is 8. The minimum absolute atomic E-state index is 0.0189. The number of carbonyl (C=O) groups excluding carboxylic acids is 1. The molecule has 2 saturated heterocycles. The van der Waals surface area contributed by atoms with Gasteiger partial charge in [0.15, 0.2) is 0 Å². The predicted octanol–water partition coefficient (Wildman–Crippen LogP) is 3.47. The average molecular weight is 602 g/mol. The molecule has 2 fully saturated rings. The van der Waals surface area contributed by atoms with Gasteiger partial charge in [-0.05, 0) is 79.5 Å². The molecule has 2 atom stereocenters. The topological polar surface area (TPSA) is 150 Å². The predicted molar refractivity (Wildman–Crippen MR) is 168 cm³/mol. The van der Waals surface area contributed by atoms with Gasteiger partial charge < -0.3 is 20.4 Å². The number of benzene rings is 2. The Balaban J connectivity index is 1.30. The number of primary sulfonamides is 1. The van der Waals surface area contributed by atoms with Crippen molar-refractivity contribution in [3.8, 4) is 6.07 Å². The van der Waals surface area contributed by atoms with Crippen molar-refractivity contribution in [2.45, 2.75) is 38.5 Å². The van der Waals surface area contributed by atoms with E-state index in [0.29, 0.717) is 60.6 Å². The molecule has 1 aromatic heterocycles. The second kappa shape index (κ2) is 12.2. The summed E-state index contributed by atoms with van der Waals surface area (Å²) in [6.45, 7) is 9.58. The number of aryl methyl sites for hydroxylation is 1. The molecule has 1 amide bonds. The van der Waals surface area contributed by atoms with Crippen molar-refractivity contribution < 1.29 is 13.2 Å². The number of hydrogen-bond donors (Lipinski definition) is 2. The number of rotatable bonds is 6. The molecule has 2 aliphatic heterocycles. The standard InChI is InChI=1S/C32H39N7O3S/c1-21-15-24(20-39(19-21)27-8-5-4-7-25(27)18-33)17-26-16-22(2)29(23(3)30(26)34)32(40)38-13-11-37(12-14-38)31-28(43(35,41)42)9-6-10-36-31/h4-10,16,21,24H,11-15,17,19-20,34H2,1-3H3,(H2,35,41,42)/t21-,24?/m1/s1. The van der Waals surface area contributed by atoms with Gasteiger partial charge in [-0.1, -0.05) is 25.1 Å². The molecule has 43 heavy (non-hydrogen) atoms. The monoisotopic (exact) mass is 601 g/mol. The molecule has 0 aliphatic carbocycles. The average Bonchev–Trinajstić information content (AvgIpc) is 2.99. The van der Waals surface area contributed by atoms with Crippen molar-refractivity contribution in [3.63, 3.8) is 0 Å². The number of pyridine rings is 1. The highest BCUT2D eigenvalue weighted by molar-refractivity contribution is 7.89. The lowest BCUT2D eigenvalue weighted by Crippen LogP contribution is -2.49. The number of nitriles is 1. The second-order valence-corrected chi connectivity index (χ2v) is 13.4. The van der Waals surface area contributed by atoms with E-state index in [0.717, 1.165) is 48.3 Å². The van der Waals surface area contributed by atoms with Gasteiger partial charge in [-0.2, -0.15) is 5.26 Å². The van der Waals surface area contributed by atoms with Gasteiger partial charge >= 0.3 is 0 Å². The van der Waals surface area contributed by atoms with Crippen LogP contribution in [0.1, 0.15) is 46.0 Å². The van der Waals surface area contributed by atoms with E-state index >= 15 is 0 Å². The van der Waals surface area contributed by atoms with Crippen LogP contribution in [0.15, 0.2) is 53.6 Å². The Morgan fingerprint density at radius 1 is 1.07 bits per heavy atom. The highest BCUT2D eigenvalue weighted by Crippen LogP contribution is 2.34. The lowest BCUT2D eigenvalue weighted by Gasteiger charge is -2.39. The molecule has 2 aromatic carbocycles. The zero-order valence-corrected chi connectivity index (χ0v) is 25.8. The molecule has 0 spiro atoms. The number of amides is 1. The number of nitrogens with two attached hydrogens (primary N) is 2. The van der Waals surface area contributed by atoms with Crippen LogP contribution in [0, 0.1) is 37.0 Å². The molecular weight excluding hydrogens is 562 g/mol. The van der Waals surface area contributed by atoms with E-state index in [9.17, 15) is 18.5 Å². The van der Waals surface area contributed by atoms with Gasteiger partial charge in [-0.25, -0.2) is 18.5 Å². The van der Waals surface area contributed by atoms with Crippen LogP contribution in [0.2, 0.25) is 0 Å². The van der Waals surface area contributed by atoms with Gasteiger partial charge in [0.1, 0.15) is 16.8 Å². The molecular formula is C32H39N7O3S. The van der Waals surface area contributed by atoms with Crippen molar-refractivity contribution >= 4 is 33.1 Å². The number of aromatic nitrogens is 1. The van der Waals surface area contributed by atoms with Crippen LogP contribution in [0.4, 0.5) is 17.2 Å². The summed E-state index contributed by atoms with van der Waals surface area (Å²) >= 11 is 0. The fraction of sp³-hybridized carbons (Fsp3) is 0.406. The van der Waals surface area contributed by atoms with Crippen molar-refractivity contribution in [1.82, 2.24) is 9.88 Å². The Labute approximate surface area is 254 Å².